The van der Waals surface area contributed by atoms with Gasteiger partial charge in [0.1, 0.15) is 5.52 Å². The van der Waals surface area contributed by atoms with Gasteiger partial charge < -0.3 is 21.7 Å². The normalized spacial score (nSPS) is 16.6. The van der Waals surface area contributed by atoms with Crippen LogP contribution in [0.2, 0.25) is 0 Å². The maximum absolute atomic E-state index is 12.3. The molecule has 9 heteroatoms. The molecule has 1 unspecified atom stereocenters. The Morgan fingerprint density at radius 2 is 1.61 bits per heavy atom. The summed E-state index contributed by atoms with van der Waals surface area (Å²) < 4.78 is 8.52. The van der Waals surface area contributed by atoms with E-state index < -0.39 is 0 Å². The second kappa shape index (κ2) is 14.8. The summed E-state index contributed by atoms with van der Waals surface area (Å²) in [6.07, 6.45) is 8.22. The molecule has 2 aromatic heterocycles. The van der Waals surface area contributed by atoms with Gasteiger partial charge in [0.25, 0.3) is 6.73 Å². The number of nitrogens with zero attached hydrogens (tertiary/aromatic N) is 2. The fourth-order valence-corrected chi connectivity index (χ4v) is 4.88. The summed E-state index contributed by atoms with van der Waals surface area (Å²) in [5.41, 5.74) is 19.8. The number of hydrogen-bond donors (Lipinski definition) is 0. The zero-order valence-electron chi connectivity index (χ0n) is 21.6. The number of aromatic nitrogens is 2. The number of halogens is 1. The Kier molecular flexibility index (Phi) is 12.5. The van der Waals surface area contributed by atoms with Gasteiger partial charge >= 0.3 is 27.0 Å². The summed E-state index contributed by atoms with van der Waals surface area (Å²) in [4.78, 5) is 16.9. The number of hydrogen-bond acceptors (Lipinski definition) is 3. The maximum atomic E-state index is 12.3. The van der Waals surface area contributed by atoms with Crippen LogP contribution in [0.1, 0.15) is 42.4 Å². The van der Waals surface area contributed by atoms with Gasteiger partial charge in [0, 0.05) is 22.1 Å². The minimum atomic E-state index is -0.257. The zero-order chi connectivity index (χ0) is 25.7. The van der Waals surface area contributed by atoms with Crippen LogP contribution < -0.4 is 4.57 Å². The molecule has 0 bridgehead atoms. The fraction of sp³-hybridized carbons (Fsp3) is 0.345. The molecule has 2 heterocycles. The van der Waals surface area contributed by atoms with Gasteiger partial charge in [-0.25, -0.2) is 4.98 Å². The summed E-state index contributed by atoms with van der Waals surface area (Å²) in [6.45, 7) is 4.39. The van der Waals surface area contributed by atoms with Crippen LogP contribution in [-0.4, -0.2) is 28.5 Å². The third kappa shape index (κ3) is 7.67. The third-order valence-electron chi connectivity index (χ3n) is 6.87. The number of ether oxygens (including phenoxy) is 1. The average Bonchev–Trinajstić information content (AvgIpc) is 2.89. The molecule has 0 aliphatic heterocycles. The quantitative estimate of drug-likeness (QED) is 0.137. The van der Waals surface area contributed by atoms with E-state index in [0.29, 0.717) is 0 Å². The SMILES string of the molecule is Cc1c(C)c2ccc[n+](COC(=O)Cc3ccc(Br)cc3)c2c2ncccc12.O.[NH-]C1CCCC[C@@H]1[NH-].[Pt+2]. The predicted octanol–water partition coefficient (Wildman–Crippen LogP) is 6.37. The van der Waals surface area contributed by atoms with Gasteiger partial charge in [0.05, 0.1) is 11.8 Å². The molecule has 4 aromatic rings. The Morgan fingerprint density at radius 3 is 2.24 bits per heavy atom. The molecule has 0 saturated heterocycles. The molecular formula is C29H34BrN4O3Pt+. The van der Waals surface area contributed by atoms with E-state index >= 15 is 0 Å². The summed E-state index contributed by atoms with van der Waals surface area (Å²) >= 11 is 3.40. The van der Waals surface area contributed by atoms with Crippen LogP contribution in [0, 0.1) is 13.8 Å². The minimum Gasteiger partial charge on any atom is -0.676 e. The van der Waals surface area contributed by atoms with E-state index in [9.17, 15) is 4.79 Å². The van der Waals surface area contributed by atoms with Gasteiger partial charge in [0.2, 0.25) is 5.52 Å². The van der Waals surface area contributed by atoms with Crippen molar-refractivity contribution in [2.24, 2.45) is 0 Å². The van der Waals surface area contributed by atoms with Gasteiger partial charge in [-0.15, -0.1) is 0 Å². The van der Waals surface area contributed by atoms with E-state index in [1.807, 2.05) is 47.2 Å². The molecule has 7 nitrogen and oxygen atoms in total. The van der Waals surface area contributed by atoms with Gasteiger partial charge in [-0.2, -0.15) is 16.7 Å². The number of carbonyl (C=O) groups excluding carboxylic acids is 1. The summed E-state index contributed by atoms with van der Waals surface area (Å²) in [5, 5.41) is 2.24. The smallest absolute Gasteiger partial charge is 0.676 e. The number of pyridine rings is 2. The number of aryl methyl sites for hydroxylation is 2. The van der Waals surface area contributed by atoms with Crippen LogP contribution in [-0.2, 0) is 43.7 Å². The van der Waals surface area contributed by atoms with Crippen LogP contribution in [0.5, 0.6) is 0 Å². The minimum absolute atomic E-state index is 0. The first-order valence-corrected chi connectivity index (χ1v) is 13.1. The molecule has 4 N–H and O–H groups in total. The molecule has 2 aromatic carbocycles. The van der Waals surface area contributed by atoms with Crippen molar-refractivity contribution in [3.63, 3.8) is 0 Å². The molecule has 1 aliphatic rings. The molecule has 204 valence electrons. The molecule has 1 saturated carbocycles. The van der Waals surface area contributed by atoms with E-state index in [0.717, 1.165) is 44.7 Å². The van der Waals surface area contributed by atoms with Gasteiger partial charge in [-0.3, -0.25) is 4.79 Å². The molecule has 2 atom stereocenters. The van der Waals surface area contributed by atoms with Crippen molar-refractivity contribution in [3.05, 3.63) is 93.6 Å². The Balaban J connectivity index is 0.000000438. The Hall–Kier alpha value is -2.22. The zero-order valence-corrected chi connectivity index (χ0v) is 25.4. The van der Waals surface area contributed by atoms with Gasteiger partial charge in [-0.1, -0.05) is 59.8 Å². The molecular weight excluding hydrogens is 727 g/mol. The molecule has 0 amide bonds. The second-order valence-electron chi connectivity index (χ2n) is 9.34. The van der Waals surface area contributed by atoms with Gasteiger partial charge in [0.15, 0.2) is 6.20 Å². The van der Waals surface area contributed by atoms with Crippen molar-refractivity contribution in [1.29, 1.82) is 0 Å². The summed E-state index contributed by atoms with van der Waals surface area (Å²) in [7, 11) is 0. The van der Waals surface area contributed by atoms with Crippen LogP contribution in [0.15, 0.2) is 65.4 Å². The van der Waals surface area contributed by atoms with Gasteiger partial charge in [-0.05, 0) is 54.8 Å². The van der Waals surface area contributed by atoms with E-state index in [1.54, 1.807) is 6.20 Å². The molecule has 1 aliphatic carbocycles. The Bertz CT molecular complexity index is 1360. The topological polar surface area (TPSA) is 122 Å². The summed E-state index contributed by atoms with van der Waals surface area (Å²) in [5.74, 6) is -0.257. The molecule has 0 spiro atoms. The van der Waals surface area contributed by atoms with E-state index in [-0.39, 0.29) is 57.7 Å². The fourth-order valence-electron chi connectivity index (χ4n) is 4.62. The van der Waals surface area contributed by atoms with E-state index in [4.69, 9.17) is 16.2 Å². The van der Waals surface area contributed by atoms with Crippen molar-refractivity contribution >= 4 is 43.7 Å². The number of fused-ring (bicyclic) bond motifs is 3. The van der Waals surface area contributed by atoms with Crippen LogP contribution in [0.25, 0.3) is 33.3 Å². The number of carbonyl (C=O) groups is 1. The van der Waals surface area contributed by atoms with Crippen molar-refractivity contribution in [1.82, 2.24) is 4.98 Å². The summed E-state index contributed by atoms with van der Waals surface area (Å²) in [6, 6.07) is 15.6. The third-order valence-corrected chi connectivity index (χ3v) is 7.39. The largest absolute Gasteiger partial charge is 2.00 e. The Morgan fingerprint density at radius 1 is 1.00 bits per heavy atom. The molecule has 1 fully saturated rings. The predicted molar refractivity (Wildman–Crippen MR) is 151 cm³/mol. The molecule has 38 heavy (non-hydrogen) atoms. The second-order valence-corrected chi connectivity index (χ2v) is 10.3. The van der Waals surface area contributed by atoms with Crippen molar-refractivity contribution in [3.8, 4) is 0 Å². The maximum Gasteiger partial charge on any atom is 2.00 e. The van der Waals surface area contributed by atoms with Crippen molar-refractivity contribution in [2.45, 2.75) is 64.8 Å². The number of rotatable bonds is 4. The van der Waals surface area contributed by atoms with Crippen LogP contribution >= 0.6 is 15.9 Å². The first-order chi connectivity index (χ1) is 17.3. The first-order valence-electron chi connectivity index (χ1n) is 12.3. The van der Waals surface area contributed by atoms with Crippen molar-refractivity contribution in [2.75, 3.05) is 0 Å². The standard InChI is InChI=1S/C23H20BrN2O2.C6H12N2.H2O.Pt/c1-15-16(2)20-6-4-12-26(23(20)22-19(15)5-3-11-25-22)14-28-21(27)13-17-7-9-18(24)10-8-17;7-5-3-1-2-4-6(5)8;;/h3-12H,13-14H2,1-2H3;5-8H,1-4H2;1H2;/q+1;-2;;+2/t;5-,6?;;/m.0../s1. The molecule has 5 rings (SSSR count). The Labute approximate surface area is 246 Å². The number of benzene rings is 2. The monoisotopic (exact) mass is 760 g/mol. The van der Waals surface area contributed by atoms with E-state index in [2.05, 4.69) is 46.9 Å². The number of nitrogens with one attached hydrogen (secondary N) is 2. The number of esters is 1. The van der Waals surface area contributed by atoms with E-state index in [1.165, 1.54) is 24.0 Å². The first kappa shape index (κ1) is 32.0. The van der Waals surface area contributed by atoms with Crippen LogP contribution in [0.4, 0.5) is 0 Å². The van der Waals surface area contributed by atoms with Crippen molar-refractivity contribution < 1.29 is 40.6 Å². The van der Waals surface area contributed by atoms with Crippen LogP contribution in [0.3, 0.4) is 0 Å². The molecule has 0 radical (unpaired) electrons. The average molecular weight is 762 g/mol.